The molecule has 1 atom stereocenters. The van der Waals surface area contributed by atoms with E-state index in [0.29, 0.717) is 6.42 Å². The molecule has 0 heterocycles. The van der Waals surface area contributed by atoms with E-state index >= 15 is 0 Å². The maximum atomic E-state index is 12.2. The van der Waals surface area contributed by atoms with E-state index in [-0.39, 0.29) is 13.2 Å². The second kappa shape index (κ2) is 6.72. The van der Waals surface area contributed by atoms with E-state index in [2.05, 4.69) is 21.2 Å². The van der Waals surface area contributed by atoms with Crippen LogP contribution in [0.5, 0.6) is 0 Å². The summed E-state index contributed by atoms with van der Waals surface area (Å²) in [5, 5.41) is 12.7. The van der Waals surface area contributed by atoms with Crippen molar-refractivity contribution >= 4 is 22.0 Å². The van der Waals surface area contributed by atoms with Gasteiger partial charge in [0.05, 0.1) is 12.1 Å². The van der Waals surface area contributed by atoms with Gasteiger partial charge in [0.15, 0.2) is 0 Å². The number of benzene rings is 2. The van der Waals surface area contributed by atoms with Crippen LogP contribution in [-0.4, -0.2) is 17.8 Å². The maximum Gasteiger partial charge on any atom is 0.408 e. The minimum Gasteiger partial charge on any atom is -0.445 e. The smallest absolute Gasteiger partial charge is 0.408 e. The molecule has 0 aromatic heterocycles. The number of nitrogens with one attached hydrogen (secondary N) is 1. The van der Waals surface area contributed by atoms with Gasteiger partial charge in [-0.1, -0.05) is 52.3 Å². The molecule has 120 valence electrons. The van der Waals surface area contributed by atoms with Crippen molar-refractivity contribution in [3.63, 3.8) is 0 Å². The third-order valence-electron chi connectivity index (χ3n) is 4.23. The Bertz CT molecular complexity index is 705. The van der Waals surface area contributed by atoms with Crippen LogP contribution in [0.2, 0.25) is 0 Å². The number of hydrogen-bond donors (Lipinski definition) is 2. The summed E-state index contributed by atoms with van der Waals surface area (Å²) < 4.78 is 6.28. The number of fused-ring (bicyclic) bond motifs is 1. The molecular formula is C18H18BrNO3. The first-order valence-corrected chi connectivity index (χ1v) is 8.31. The normalized spacial score (nSPS) is 19.2. The van der Waals surface area contributed by atoms with Gasteiger partial charge in [-0.25, -0.2) is 4.79 Å². The van der Waals surface area contributed by atoms with Crippen LogP contribution in [0.3, 0.4) is 0 Å². The lowest BCUT2D eigenvalue weighted by molar-refractivity contribution is 0.105. The lowest BCUT2D eigenvalue weighted by Crippen LogP contribution is -2.47. The number of ether oxygens (including phenoxy) is 1. The Balaban J connectivity index is 1.70. The summed E-state index contributed by atoms with van der Waals surface area (Å²) in [5.74, 6) is 0. The lowest BCUT2D eigenvalue weighted by atomic mass is 9.93. The van der Waals surface area contributed by atoms with E-state index in [1.807, 2.05) is 48.5 Å². The number of aliphatic hydroxyl groups is 1. The van der Waals surface area contributed by atoms with E-state index in [1.54, 1.807) is 0 Å². The van der Waals surface area contributed by atoms with Crippen molar-refractivity contribution in [2.45, 2.75) is 25.0 Å². The lowest BCUT2D eigenvalue weighted by Gasteiger charge is -2.29. The average Bonchev–Trinajstić information content (AvgIpc) is 2.92. The van der Waals surface area contributed by atoms with Crippen LogP contribution < -0.4 is 5.32 Å². The molecule has 1 aliphatic carbocycles. The summed E-state index contributed by atoms with van der Waals surface area (Å²) in [7, 11) is 0. The monoisotopic (exact) mass is 375 g/mol. The Morgan fingerprint density at radius 3 is 2.78 bits per heavy atom. The highest BCUT2D eigenvalue weighted by atomic mass is 79.9. The number of carbonyl (C=O) groups excluding carboxylic acids is 1. The molecule has 3 rings (SSSR count). The average molecular weight is 376 g/mol. The van der Waals surface area contributed by atoms with E-state index in [0.717, 1.165) is 27.6 Å². The Morgan fingerprint density at radius 1 is 1.26 bits per heavy atom. The quantitative estimate of drug-likeness (QED) is 0.859. The van der Waals surface area contributed by atoms with E-state index in [1.165, 1.54) is 0 Å². The van der Waals surface area contributed by atoms with Gasteiger partial charge in [-0.05, 0) is 41.7 Å². The van der Waals surface area contributed by atoms with Crippen molar-refractivity contribution in [1.29, 1.82) is 0 Å². The molecular weight excluding hydrogens is 358 g/mol. The van der Waals surface area contributed by atoms with Gasteiger partial charge < -0.3 is 15.2 Å². The van der Waals surface area contributed by atoms with Crippen LogP contribution in [-0.2, 0) is 23.3 Å². The molecule has 0 saturated heterocycles. The highest BCUT2D eigenvalue weighted by Gasteiger charge is 2.40. The Morgan fingerprint density at radius 2 is 2.04 bits per heavy atom. The molecule has 1 aliphatic rings. The van der Waals surface area contributed by atoms with Gasteiger partial charge in [0, 0.05) is 4.47 Å². The third-order valence-corrected chi connectivity index (χ3v) is 4.72. The molecule has 0 spiro atoms. The summed E-state index contributed by atoms with van der Waals surface area (Å²) in [6, 6.07) is 15.4. The van der Waals surface area contributed by atoms with Gasteiger partial charge in [-0.15, -0.1) is 0 Å². The van der Waals surface area contributed by atoms with Gasteiger partial charge in [-0.2, -0.15) is 0 Å². The van der Waals surface area contributed by atoms with E-state index in [9.17, 15) is 9.90 Å². The first kappa shape index (κ1) is 16.0. The molecule has 23 heavy (non-hydrogen) atoms. The standard InChI is InChI=1S/C18H18BrNO3/c19-15-6-7-16-14(10-15)8-9-18(16,12-21)20-17(22)23-11-13-4-2-1-3-5-13/h1-7,10,21H,8-9,11-12H2,(H,20,22). The minimum absolute atomic E-state index is 0.151. The fraction of sp³-hybridized carbons (Fsp3) is 0.278. The second-order valence-corrected chi connectivity index (χ2v) is 6.64. The summed E-state index contributed by atoms with van der Waals surface area (Å²) >= 11 is 3.45. The maximum absolute atomic E-state index is 12.2. The first-order chi connectivity index (χ1) is 11.1. The van der Waals surface area contributed by atoms with Crippen LogP contribution in [0, 0.1) is 0 Å². The fourth-order valence-electron chi connectivity index (χ4n) is 3.01. The predicted molar refractivity (Wildman–Crippen MR) is 91.0 cm³/mol. The van der Waals surface area contributed by atoms with Crippen molar-refractivity contribution < 1.29 is 14.6 Å². The number of rotatable bonds is 4. The second-order valence-electron chi connectivity index (χ2n) is 5.73. The van der Waals surface area contributed by atoms with Gasteiger partial charge in [0.2, 0.25) is 0 Å². The molecule has 1 unspecified atom stereocenters. The third kappa shape index (κ3) is 3.41. The highest BCUT2D eigenvalue weighted by molar-refractivity contribution is 9.10. The van der Waals surface area contributed by atoms with Crippen LogP contribution >= 0.6 is 15.9 Å². The molecule has 0 radical (unpaired) electrons. The van der Waals surface area contributed by atoms with Crippen molar-refractivity contribution in [3.05, 3.63) is 69.7 Å². The molecule has 2 aromatic carbocycles. The zero-order valence-electron chi connectivity index (χ0n) is 12.6. The van der Waals surface area contributed by atoms with Crippen molar-refractivity contribution in [2.75, 3.05) is 6.61 Å². The number of alkyl carbamates (subject to hydrolysis) is 1. The van der Waals surface area contributed by atoms with E-state index < -0.39 is 11.6 Å². The van der Waals surface area contributed by atoms with Gasteiger partial charge >= 0.3 is 6.09 Å². The summed E-state index contributed by atoms with van der Waals surface area (Å²) in [6.07, 6.45) is 0.961. The summed E-state index contributed by atoms with van der Waals surface area (Å²) in [4.78, 5) is 12.2. The SMILES string of the molecule is O=C(NC1(CO)CCc2cc(Br)ccc21)OCc1ccccc1. The first-order valence-electron chi connectivity index (χ1n) is 7.52. The fourth-order valence-corrected chi connectivity index (χ4v) is 3.42. The van der Waals surface area contributed by atoms with Gasteiger partial charge in [0.25, 0.3) is 0 Å². The minimum atomic E-state index is -0.760. The predicted octanol–water partition coefficient (Wildman–Crippen LogP) is 3.51. The van der Waals surface area contributed by atoms with Crippen LogP contribution in [0.1, 0.15) is 23.1 Å². The molecule has 0 fully saturated rings. The van der Waals surface area contributed by atoms with E-state index in [4.69, 9.17) is 4.74 Å². The number of carbonyl (C=O) groups is 1. The number of hydrogen-bond acceptors (Lipinski definition) is 3. The van der Waals surface area contributed by atoms with Crippen molar-refractivity contribution in [1.82, 2.24) is 5.32 Å². The van der Waals surface area contributed by atoms with Crippen LogP contribution in [0.4, 0.5) is 4.79 Å². The topological polar surface area (TPSA) is 58.6 Å². The largest absolute Gasteiger partial charge is 0.445 e. The molecule has 5 heteroatoms. The highest BCUT2D eigenvalue weighted by Crippen LogP contribution is 2.38. The molecule has 0 bridgehead atoms. The summed E-state index contributed by atoms with van der Waals surface area (Å²) in [6.45, 7) is 0.0590. The zero-order valence-corrected chi connectivity index (χ0v) is 14.2. The number of amides is 1. The van der Waals surface area contributed by atoms with Gasteiger partial charge in [-0.3, -0.25) is 0 Å². The van der Waals surface area contributed by atoms with Crippen molar-refractivity contribution in [2.24, 2.45) is 0 Å². The molecule has 2 N–H and O–H groups in total. The van der Waals surface area contributed by atoms with Crippen molar-refractivity contribution in [3.8, 4) is 0 Å². The van der Waals surface area contributed by atoms with Crippen LogP contribution in [0.25, 0.3) is 0 Å². The molecule has 0 aliphatic heterocycles. The molecule has 2 aromatic rings. The molecule has 1 amide bonds. The number of aliphatic hydroxyl groups excluding tert-OH is 1. The Kier molecular flexibility index (Phi) is 4.68. The molecule has 0 saturated carbocycles. The van der Waals surface area contributed by atoms with Gasteiger partial charge in [0.1, 0.15) is 6.61 Å². The number of aryl methyl sites for hydroxylation is 1. The zero-order chi connectivity index (χ0) is 16.3. The number of halogens is 1. The Hall–Kier alpha value is -1.85. The van der Waals surface area contributed by atoms with Crippen LogP contribution in [0.15, 0.2) is 53.0 Å². The summed E-state index contributed by atoms with van der Waals surface area (Å²) in [5.41, 5.74) is 2.26. The Labute approximate surface area is 143 Å². The molecule has 4 nitrogen and oxygen atoms in total.